The van der Waals surface area contributed by atoms with Crippen molar-refractivity contribution in [2.24, 2.45) is 5.92 Å². The van der Waals surface area contributed by atoms with Crippen molar-refractivity contribution in [3.63, 3.8) is 0 Å². The summed E-state index contributed by atoms with van der Waals surface area (Å²) in [6.07, 6.45) is 3.80. The van der Waals surface area contributed by atoms with Crippen LogP contribution >= 0.6 is 0 Å². The Morgan fingerprint density at radius 2 is 1.82 bits per heavy atom. The van der Waals surface area contributed by atoms with Gasteiger partial charge in [0.1, 0.15) is 17.1 Å². The van der Waals surface area contributed by atoms with Gasteiger partial charge >= 0.3 is 0 Å². The molecule has 1 fully saturated rings. The van der Waals surface area contributed by atoms with E-state index >= 15 is 0 Å². The number of hydrogen-bond acceptors (Lipinski definition) is 5. The van der Waals surface area contributed by atoms with E-state index in [1.54, 1.807) is 13.3 Å². The smallest absolute Gasteiger partial charge is 0.259 e. The van der Waals surface area contributed by atoms with Crippen LogP contribution in [0.2, 0.25) is 0 Å². The Kier molecular flexibility index (Phi) is 6.49. The van der Waals surface area contributed by atoms with Gasteiger partial charge in [-0.15, -0.1) is 0 Å². The number of rotatable bonds is 6. The molecule has 1 amide bonds. The summed E-state index contributed by atoms with van der Waals surface area (Å²) < 4.78 is 5.23. The summed E-state index contributed by atoms with van der Waals surface area (Å²) in [5, 5.41) is 0. The third-order valence-electron chi connectivity index (χ3n) is 5.48. The zero-order chi connectivity index (χ0) is 20.1. The van der Waals surface area contributed by atoms with Crippen LogP contribution in [0.3, 0.4) is 0 Å². The monoisotopic (exact) mass is 382 g/mol. The summed E-state index contributed by atoms with van der Waals surface area (Å²) in [5.74, 6) is 2.84. The van der Waals surface area contributed by atoms with Crippen LogP contribution in [0.5, 0.6) is 5.75 Å². The van der Waals surface area contributed by atoms with Crippen molar-refractivity contribution in [1.29, 1.82) is 0 Å². The molecule has 150 valence electrons. The Morgan fingerprint density at radius 3 is 2.39 bits per heavy atom. The van der Waals surface area contributed by atoms with Crippen LogP contribution < -0.4 is 9.64 Å². The molecule has 1 aliphatic rings. The minimum atomic E-state index is 0.0371. The first-order chi connectivity index (χ1) is 13.6. The Bertz CT molecular complexity index is 795. The summed E-state index contributed by atoms with van der Waals surface area (Å²) in [4.78, 5) is 26.6. The average Bonchev–Trinajstić information content (AvgIpc) is 2.75. The molecule has 0 aliphatic carbocycles. The molecule has 0 bridgehead atoms. The topological polar surface area (TPSA) is 58.6 Å². The molecule has 0 saturated carbocycles. The first kappa shape index (κ1) is 20.1. The maximum atomic E-state index is 13.2. The summed E-state index contributed by atoms with van der Waals surface area (Å²) >= 11 is 0. The average molecular weight is 383 g/mol. The Balaban J connectivity index is 1.96. The van der Waals surface area contributed by atoms with Gasteiger partial charge < -0.3 is 14.5 Å². The standard InChI is InChI=1S/C22H30N4O2/c1-5-25(6-2)21-19(22(27)26-13-11-16(3)12-14-26)15-23-20(24-21)17-7-9-18(28-4)10-8-17/h7-10,15-16H,5-6,11-14H2,1-4H3. The molecule has 3 rings (SSSR count). The Labute approximate surface area is 167 Å². The zero-order valence-corrected chi connectivity index (χ0v) is 17.3. The zero-order valence-electron chi connectivity index (χ0n) is 17.3. The van der Waals surface area contributed by atoms with Gasteiger partial charge in [-0.2, -0.15) is 0 Å². The molecule has 1 aliphatic heterocycles. The highest BCUT2D eigenvalue weighted by Crippen LogP contribution is 2.26. The third kappa shape index (κ3) is 4.26. The first-order valence-corrected chi connectivity index (χ1v) is 10.1. The number of amides is 1. The molecule has 28 heavy (non-hydrogen) atoms. The summed E-state index contributed by atoms with van der Waals surface area (Å²) in [5.41, 5.74) is 1.50. The second-order valence-electron chi connectivity index (χ2n) is 7.31. The van der Waals surface area contributed by atoms with E-state index in [4.69, 9.17) is 9.72 Å². The van der Waals surface area contributed by atoms with E-state index in [9.17, 15) is 4.79 Å². The molecular weight excluding hydrogens is 352 g/mol. The van der Waals surface area contributed by atoms with Gasteiger partial charge in [0.05, 0.1) is 7.11 Å². The molecular formula is C22H30N4O2. The van der Waals surface area contributed by atoms with Crippen LogP contribution in [-0.4, -0.2) is 54.1 Å². The lowest BCUT2D eigenvalue weighted by Crippen LogP contribution is -2.39. The quantitative estimate of drug-likeness (QED) is 0.759. The van der Waals surface area contributed by atoms with Gasteiger partial charge in [0.2, 0.25) is 0 Å². The van der Waals surface area contributed by atoms with Crippen molar-refractivity contribution < 1.29 is 9.53 Å². The lowest BCUT2D eigenvalue weighted by molar-refractivity contribution is 0.0697. The fourth-order valence-electron chi connectivity index (χ4n) is 3.55. The van der Waals surface area contributed by atoms with Crippen LogP contribution in [-0.2, 0) is 0 Å². The van der Waals surface area contributed by atoms with Crippen molar-refractivity contribution in [3.8, 4) is 17.1 Å². The second-order valence-corrected chi connectivity index (χ2v) is 7.31. The maximum absolute atomic E-state index is 13.2. The van der Waals surface area contributed by atoms with Crippen LogP contribution in [0.25, 0.3) is 11.4 Å². The van der Waals surface area contributed by atoms with Gasteiger partial charge in [0.15, 0.2) is 5.82 Å². The molecule has 0 radical (unpaired) electrons. The molecule has 6 heteroatoms. The van der Waals surface area contributed by atoms with E-state index in [-0.39, 0.29) is 5.91 Å². The lowest BCUT2D eigenvalue weighted by Gasteiger charge is -2.31. The molecule has 1 aromatic heterocycles. The van der Waals surface area contributed by atoms with Gasteiger partial charge in [-0.3, -0.25) is 4.79 Å². The molecule has 1 aromatic carbocycles. The van der Waals surface area contributed by atoms with E-state index in [0.717, 1.165) is 56.2 Å². The van der Waals surface area contributed by atoms with Crippen LogP contribution in [0.4, 0.5) is 5.82 Å². The number of anilines is 1. The van der Waals surface area contributed by atoms with Crippen molar-refractivity contribution in [2.45, 2.75) is 33.6 Å². The first-order valence-electron chi connectivity index (χ1n) is 10.1. The largest absolute Gasteiger partial charge is 0.497 e. The molecule has 2 heterocycles. The minimum absolute atomic E-state index is 0.0371. The van der Waals surface area contributed by atoms with E-state index in [0.29, 0.717) is 17.3 Å². The third-order valence-corrected chi connectivity index (χ3v) is 5.48. The number of carbonyl (C=O) groups is 1. The molecule has 2 aromatic rings. The highest BCUT2D eigenvalue weighted by molar-refractivity contribution is 5.99. The molecule has 0 spiro atoms. The minimum Gasteiger partial charge on any atom is -0.497 e. The number of benzene rings is 1. The van der Waals surface area contributed by atoms with E-state index in [1.165, 1.54) is 0 Å². The Morgan fingerprint density at radius 1 is 1.18 bits per heavy atom. The fourth-order valence-corrected chi connectivity index (χ4v) is 3.55. The summed E-state index contributed by atoms with van der Waals surface area (Å²) in [7, 11) is 1.64. The molecule has 1 saturated heterocycles. The number of likely N-dealkylation sites (tertiary alicyclic amines) is 1. The van der Waals surface area contributed by atoms with Gasteiger partial charge in [0, 0.05) is 37.9 Å². The van der Waals surface area contributed by atoms with Gasteiger partial charge in [-0.1, -0.05) is 6.92 Å². The van der Waals surface area contributed by atoms with Crippen LogP contribution in [0.1, 0.15) is 44.0 Å². The van der Waals surface area contributed by atoms with Crippen molar-refractivity contribution in [1.82, 2.24) is 14.9 Å². The van der Waals surface area contributed by atoms with Gasteiger partial charge in [0.25, 0.3) is 5.91 Å². The van der Waals surface area contributed by atoms with E-state index < -0.39 is 0 Å². The highest BCUT2D eigenvalue weighted by atomic mass is 16.5. The highest BCUT2D eigenvalue weighted by Gasteiger charge is 2.26. The number of ether oxygens (including phenoxy) is 1. The normalized spacial score (nSPS) is 14.8. The van der Waals surface area contributed by atoms with Crippen molar-refractivity contribution in [2.75, 3.05) is 38.2 Å². The number of aromatic nitrogens is 2. The molecule has 6 nitrogen and oxygen atoms in total. The second kappa shape index (κ2) is 9.04. The molecule has 0 unspecified atom stereocenters. The van der Waals surface area contributed by atoms with Crippen molar-refractivity contribution in [3.05, 3.63) is 36.0 Å². The number of nitrogens with zero attached hydrogens (tertiary/aromatic N) is 4. The number of piperidine rings is 1. The molecule has 0 N–H and O–H groups in total. The molecule has 0 atom stereocenters. The van der Waals surface area contributed by atoms with Crippen LogP contribution in [0, 0.1) is 5.92 Å². The number of hydrogen-bond donors (Lipinski definition) is 0. The fraction of sp³-hybridized carbons (Fsp3) is 0.500. The van der Waals surface area contributed by atoms with Crippen molar-refractivity contribution >= 4 is 11.7 Å². The maximum Gasteiger partial charge on any atom is 0.259 e. The van der Waals surface area contributed by atoms with Gasteiger partial charge in [-0.05, 0) is 56.9 Å². The van der Waals surface area contributed by atoms with Crippen LogP contribution in [0.15, 0.2) is 30.5 Å². The summed E-state index contributed by atoms with van der Waals surface area (Å²) in [6.45, 7) is 9.58. The lowest BCUT2D eigenvalue weighted by atomic mass is 9.99. The predicted octanol–water partition coefficient (Wildman–Crippen LogP) is 3.87. The predicted molar refractivity (Wildman–Crippen MR) is 112 cm³/mol. The Hall–Kier alpha value is -2.63. The van der Waals surface area contributed by atoms with Gasteiger partial charge in [-0.25, -0.2) is 9.97 Å². The van der Waals surface area contributed by atoms with E-state index in [2.05, 4.69) is 30.7 Å². The van der Waals surface area contributed by atoms with E-state index in [1.807, 2.05) is 29.2 Å². The number of methoxy groups -OCH3 is 1. The SMILES string of the molecule is CCN(CC)c1nc(-c2ccc(OC)cc2)ncc1C(=O)N1CCC(C)CC1. The summed E-state index contributed by atoms with van der Waals surface area (Å²) in [6, 6.07) is 7.66. The number of carbonyl (C=O) groups excluding carboxylic acids is 1.